The first-order valence-electron chi connectivity index (χ1n) is 12.4. The molecule has 10 nitrogen and oxygen atoms in total. The van der Waals surface area contributed by atoms with E-state index in [0.717, 1.165) is 27.7 Å². The highest BCUT2D eigenvalue weighted by atomic mass is 16.7. The molecule has 7 rings (SSSR count). The summed E-state index contributed by atoms with van der Waals surface area (Å²) in [5, 5.41) is 18.4. The van der Waals surface area contributed by atoms with Gasteiger partial charge < -0.3 is 34.5 Å². The van der Waals surface area contributed by atoms with Crippen LogP contribution in [0.25, 0.3) is 10.9 Å². The number of carbonyl (C=O) groups excluding carboxylic acids is 2. The van der Waals surface area contributed by atoms with Crippen molar-refractivity contribution in [3.05, 3.63) is 89.1 Å². The lowest BCUT2D eigenvalue weighted by Gasteiger charge is -2.46. The van der Waals surface area contributed by atoms with E-state index >= 15 is 0 Å². The maximum absolute atomic E-state index is 13.1. The lowest BCUT2D eigenvalue weighted by Crippen LogP contribution is -2.62. The zero-order chi connectivity index (χ0) is 27.3. The second kappa shape index (κ2) is 9.39. The molecular weight excluding hydrogens is 502 g/mol. The van der Waals surface area contributed by atoms with Crippen molar-refractivity contribution in [3.63, 3.8) is 0 Å². The van der Waals surface area contributed by atoms with E-state index in [1.807, 2.05) is 36.4 Å². The molecule has 2 atom stereocenters. The number of para-hydroxylation sites is 2. The number of benzene rings is 3. The molecule has 3 aliphatic heterocycles. The average Bonchev–Trinajstić information content (AvgIpc) is 3.55. The van der Waals surface area contributed by atoms with Gasteiger partial charge in [0.05, 0.1) is 12.6 Å². The number of carboxylic acids is 1. The van der Waals surface area contributed by atoms with Gasteiger partial charge in [0.15, 0.2) is 11.5 Å². The van der Waals surface area contributed by atoms with Crippen LogP contribution in [0, 0.1) is 0 Å². The van der Waals surface area contributed by atoms with Gasteiger partial charge in [0.2, 0.25) is 18.6 Å². The molecule has 0 bridgehead atoms. The van der Waals surface area contributed by atoms with E-state index in [9.17, 15) is 14.4 Å². The number of fused-ring (bicyclic) bond motifs is 5. The minimum atomic E-state index is -1.11. The molecule has 10 heteroatoms. The van der Waals surface area contributed by atoms with E-state index in [2.05, 4.69) is 11.1 Å². The standard InChI is InChI=1S/C22H19N3O4.C7H6O3/c1-24-10-19(26)25-16(22(24)27)9-14-13-4-2-3-5-15(13)23-20(14)21(25)12-6-7-17-18(8-12)29-11-28-17;8-6-4-2-1-3-5(6)7(9)10/h2-8,16,21,23H,9-11H2,1H3;1-4,8H,(H,9,10)/t16-,21-;/m1./s1. The van der Waals surface area contributed by atoms with Crippen molar-refractivity contribution in [3.8, 4) is 17.2 Å². The van der Waals surface area contributed by atoms with Crippen LogP contribution in [-0.2, 0) is 16.0 Å². The van der Waals surface area contributed by atoms with Crippen molar-refractivity contribution in [2.75, 3.05) is 20.4 Å². The van der Waals surface area contributed by atoms with Gasteiger partial charge in [-0.1, -0.05) is 36.4 Å². The quantitative estimate of drug-likeness (QED) is 0.364. The molecule has 39 heavy (non-hydrogen) atoms. The Morgan fingerprint density at radius 3 is 2.51 bits per heavy atom. The number of aromatic carboxylic acids is 1. The number of carboxylic acid groups (broad SMARTS) is 1. The number of nitrogens with zero attached hydrogens (tertiary/aromatic N) is 2. The number of aromatic hydroxyl groups is 1. The summed E-state index contributed by atoms with van der Waals surface area (Å²) in [5.41, 5.74) is 3.91. The first kappa shape index (κ1) is 24.4. The summed E-state index contributed by atoms with van der Waals surface area (Å²) in [6, 6.07) is 18.7. The normalized spacial score (nSPS) is 19.3. The largest absolute Gasteiger partial charge is 0.507 e. The van der Waals surface area contributed by atoms with Crippen LogP contribution < -0.4 is 9.47 Å². The number of amides is 2. The Morgan fingerprint density at radius 2 is 1.74 bits per heavy atom. The monoisotopic (exact) mass is 527 g/mol. The van der Waals surface area contributed by atoms with E-state index in [0.29, 0.717) is 17.9 Å². The van der Waals surface area contributed by atoms with Gasteiger partial charge in [0.1, 0.15) is 17.4 Å². The van der Waals surface area contributed by atoms with Gasteiger partial charge >= 0.3 is 5.97 Å². The lowest BCUT2D eigenvalue weighted by atomic mass is 9.86. The summed E-state index contributed by atoms with van der Waals surface area (Å²) in [6.07, 6.45) is 0.509. The number of aromatic amines is 1. The van der Waals surface area contributed by atoms with Gasteiger partial charge in [-0.25, -0.2) is 4.79 Å². The molecule has 3 aromatic carbocycles. The van der Waals surface area contributed by atoms with Gasteiger partial charge in [-0.15, -0.1) is 0 Å². The summed E-state index contributed by atoms with van der Waals surface area (Å²) < 4.78 is 11.0. The third-order valence-electron chi connectivity index (χ3n) is 7.30. The number of piperazine rings is 1. The second-order valence-electron chi connectivity index (χ2n) is 9.62. The first-order valence-corrected chi connectivity index (χ1v) is 12.4. The van der Waals surface area contributed by atoms with E-state index in [4.69, 9.17) is 19.7 Å². The Bertz CT molecular complexity index is 1630. The average molecular weight is 528 g/mol. The third-order valence-corrected chi connectivity index (χ3v) is 7.30. The summed E-state index contributed by atoms with van der Waals surface area (Å²) in [6.45, 7) is 0.279. The highest BCUT2D eigenvalue weighted by Gasteiger charge is 2.47. The maximum Gasteiger partial charge on any atom is 0.339 e. The van der Waals surface area contributed by atoms with Gasteiger partial charge in [0.25, 0.3) is 0 Å². The van der Waals surface area contributed by atoms with Crippen LogP contribution in [0.4, 0.5) is 0 Å². The fraction of sp³-hybridized carbons (Fsp3) is 0.207. The summed E-state index contributed by atoms with van der Waals surface area (Å²) in [7, 11) is 1.69. The SMILES string of the molecule is CN1CC(=O)N2[C@H](c3ccc4c(c3)OCO4)c3[nH]c4ccccc4c3C[C@@H]2C1=O.O=C(O)c1ccccc1O. The van der Waals surface area contributed by atoms with Gasteiger partial charge in [-0.05, 0) is 41.5 Å². The van der Waals surface area contributed by atoms with Crippen molar-refractivity contribution < 1.29 is 34.1 Å². The molecule has 1 saturated heterocycles. The number of hydrogen-bond donors (Lipinski definition) is 3. The van der Waals surface area contributed by atoms with E-state index < -0.39 is 12.0 Å². The molecule has 198 valence electrons. The highest BCUT2D eigenvalue weighted by Crippen LogP contribution is 2.44. The van der Waals surface area contributed by atoms with Crippen LogP contribution in [0.3, 0.4) is 0 Å². The Morgan fingerprint density at radius 1 is 1.00 bits per heavy atom. The molecule has 0 saturated carbocycles. The van der Waals surface area contributed by atoms with Crippen LogP contribution in [-0.4, -0.2) is 69.2 Å². The summed E-state index contributed by atoms with van der Waals surface area (Å²) in [4.78, 5) is 43.2. The number of H-pyrrole nitrogens is 1. The second-order valence-corrected chi connectivity index (χ2v) is 9.62. The smallest absolute Gasteiger partial charge is 0.339 e. The highest BCUT2D eigenvalue weighted by molar-refractivity contribution is 5.97. The van der Waals surface area contributed by atoms with Gasteiger partial charge in [-0.3, -0.25) is 9.59 Å². The van der Waals surface area contributed by atoms with Gasteiger partial charge in [-0.2, -0.15) is 0 Å². The Balaban J connectivity index is 0.000000235. The zero-order valence-corrected chi connectivity index (χ0v) is 21.0. The molecule has 1 aromatic heterocycles. The van der Waals surface area contributed by atoms with Crippen molar-refractivity contribution in [2.45, 2.75) is 18.5 Å². The first-order chi connectivity index (χ1) is 18.8. The van der Waals surface area contributed by atoms with Crippen LogP contribution >= 0.6 is 0 Å². The van der Waals surface area contributed by atoms with E-state index in [1.54, 1.807) is 24.1 Å². The van der Waals surface area contributed by atoms with Crippen molar-refractivity contribution in [1.82, 2.24) is 14.8 Å². The number of ether oxygens (including phenoxy) is 2. The lowest BCUT2D eigenvalue weighted by molar-refractivity contribution is -0.157. The number of rotatable bonds is 2. The Hall–Kier alpha value is -4.99. The molecule has 4 aromatic rings. The molecule has 0 unspecified atom stereocenters. The molecule has 4 heterocycles. The molecular formula is C29H25N3O7. The number of nitrogens with one attached hydrogen (secondary N) is 1. The minimum Gasteiger partial charge on any atom is -0.507 e. The number of aromatic nitrogens is 1. The zero-order valence-electron chi connectivity index (χ0n) is 21.0. The Labute approximate surface area is 223 Å². The molecule has 0 radical (unpaired) electrons. The number of likely N-dealkylation sites (N-methyl/N-ethyl adjacent to an activating group) is 1. The summed E-state index contributed by atoms with van der Waals surface area (Å²) >= 11 is 0. The minimum absolute atomic E-state index is 0.0220. The fourth-order valence-electron chi connectivity index (χ4n) is 5.49. The number of phenols is 1. The molecule has 3 aliphatic rings. The van der Waals surface area contributed by atoms with Gasteiger partial charge in [0, 0.05) is 30.1 Å². The van der Waals surface area contributed by atoms with Crippen LogP contribution in [0.15, 0.2) is 66.7 Å². The maximum atomic E-state index is 13.1. The van der Waals surface area contributed by atoms with Crippen molar-refractivity contribution in [1.29, 1.82) is 0 Å². The fourth-order valence-corrected chi connectivity index (χ4v) is 5.49. The van der Waals surface area contributed by atoms with E-state index in [1.165, 1.54) is 17.0 Å². The van der Waals surface area contributed by atoms with Crippen molar-refractivity contribution in [2.24, 2.45) is 0 Å². The predicted molar refractivity (Wildman–Crippen MR) is 140 cm³/mol. The predicted octanol–water partition coefficient (Wildman–Crippen LogP) is 3.30. The van der Waals surface area contributed by atoms with Crippen LogP contribution in [0.5, 0.6) is 17.2 Å². The topological polar surface area (TPSA) is 132 Å². The molecule has 2 amide bonds. The van der Waals surface area contributed by atoms with Crippen LogP contribution in [0.1, 0.15) is 33.2 Å². The summed E-state index contributed by atoms with van der Waals surface area (Å²) in [5.74, 6) is -0.0302. The van der Waals surface area contributed by atoms with Crippen molar-refractivity contribution >= 4 is 28.7 Å². The van der Waals surface area contributed by atoms with E-state index in [-0.39, 0.29) is 42.5 Å². The molecule has 1 fully saturated rings. The Kier molecular flexibility index (Phi) is 5.86. The molecule has 0 spiro atoms. The number of carbonyl (C=O) groups is 3. The molecule has 0 aliphatic carbocycles. The number of hydrogen-bond acceptors (Lipinski definition) is 6. The van der Waals surface area contributed by atoms with Crippen LogP contribution in [0.2, 0.25) is 0 Å². The molecule has 3 N–H and O–H groups in total. The third kappa shape index (κ3) is 4.10.